The number of carbonyl (C=O) groups is 1. The van der Waals surface area contributed by atoms with Crippen LogP contribution in [0, 0.1) is 19.7 Å². The molecule has 0 fully saturated rings. The van der Waals surface area contributed by atoms with Crippen molar-refractivity contribution in [1.29, 1.82) is 0 Å². The summed E-state index contributed by atoms with van der Waals surface area (Å²) in [6.45, 7) is 3.57. The van der Waals surface area contributed by atoms with Crippen LogP contribution >= 0.6 is 11.6 Å². The van der Waals surface area contributed by atoms with Crippen LogP contribution in [-0.2, 0) is 0 Å². The summed E-state index contributed by atoms with van der Waals surface area (Å²) >= 11 is 6.42. The summed E-state index contributed by atoms with van der Waals surface area (Å²) in [6, 6.07) is 19.6. The molecular weight excluding hydrogens is 429 g/mol. The van der Waals surface area contributed by atoms with Crippen LogP contribution in [0.25, 0.3) is 16.8 Å². The number of nitrogens with one attached hydrogen (secondary N) is 1. The molecule has 3 aromatic carbocycles. The third-order valence-corrected chi connectivity index (χ3v) is 5.34. The van der Waals surface area contributed by atoms with Crippen molar-refractivity contribution in [2.75, 3.05) is 5.32 Å². The molecule has 0 saturated carbocycles. The molecule has 0 radical (unpaired) electrons. The Hall–Kier alpha value is -3.77. The quantitative estimate of drug-likeness (QED) is 0.445. The zero-order valence-electron chi connectivity index (χ0n) is 17.4. The molecule has 1 N–H and O–H groups in total. The van der Waals surface area contributed by atoms with E-state index < -0.39 is 11.7 Å². The zero-order chi connectivity index (χ0) is 22.8. The molecule has 0 aliphatic rings. The molecule has 4 aromatic rings. The molecule has 0 aliphatic carbocycles. The number of hydrogen-bond acceptors (Lipinski definition) is 3. The van der Waals surface area contributed by atoms with Crippen molar-refractivity contribution in [1.82, 2.24) is 9.78 Å². The number of hydrogen-bond donors (Lipinski definition) is 1. The first-order valence-electron chi connectivity index (χ1n) is 9.88. The number of aromatic nitrogens is 2. The van der Waals surface area contributed by atoms with Gasteiger partial charge in [-0.05, 0) is 56.3 Å². The molecular formula is C25H19ClFN3O2. The van der Waals surface area contributed by atoms with E-state index in [1.807, 2.05) is 31.2 Å². The molecule has 4 rings (SSSR count). The number of rotatable bonds is 4. The molecule has 0 saturated heterocycles. The number of amides is 1. The summed E-state index contributed by atoms with van der Waals surface area (Å²) in [5.74, 6) is -0.789. The van der Waals surface area contributed by atoms with Gasteiger partial charge in [0.05, 0.1) is 11.3 Å². The van der Waals surface area contributed by atoms with Crippen molar-refractivity contribution in [3.8, 4) is 16.8 Å². The summed E-state index contributed by atoms with van der Waals surface area (Å²) in [7, 11) is 0. The van der Waals surface area contributed by atoms with Crippen LogP contribution in [0.1, 0.15) is 21.6 Å². The van der Waals surface area contributed by atoms with Crippen LogP contribution in [0.15, 0.2) is 77.6 Å². The maximum atomic E-state index is 13.3. The Morgan fingerprint density at radius 2 is 1.62 bits per heavy atom. The van der Waals surface area contributed by atoms with E-state index in [0.29, 0.717) is 16.3 Å². The molecule has 1 heterocycles. The van der Waals surface area contributed by atoms with Crippen molar-refractivity contribution in [3.63, 3.8) is 0 Å². The van der Waals surface area contributed by atoms with Gasteiger partial charge >= 0.3 is 0 Å². The SMILES string of the molecule is Cc1ccc(-n2nc(C)c(=O)c(-c3ccccc3Cl)c2NC(=O)c2ccc(F)cc2)cc1. The number of carbonyl (C=O) groups excluding carboxylic acids is 1. The molecule has 0 bridgehead atoms. The van der Waals surface area contributed by atoms with Gasteiger partial charge in [-0.25, -0.2) is 9.07 Å². The largest absolute Gasteiger partial charge is 0.306 e. The van der Waals surface area contributed by atoms with E-state index in [1.54, 1.807) is 31.2 Å². The molecule has 1 amide bonds. The van der Waals surface area contributed by atoms with Crippen molar-refractivity contribution in [2.24, 2.45) is 0 Å². The van der Waals surface area contributed by atoms with E-state index >= 15 is 0 Å². The fourth-order valence-corrected chi connectivity index (χ4v) is 3.55. The predicted molar refractivity (Wildman–Crippen MR) is 124 cm³/mol. The highest BCUT2D eigenvalue weighted by atomic mass is 35.5. The van der Waals surface area contributed by atoms with Crippen LogP contribution < -0.4 is 10.7 Å². The molecule has 1 aromatic heterocycles. The highest BCUT2D eigenvalue weighted by Crippen LogP contribution is 2.32. The third-order valence-electron chi connectivity index (χ3n) is 5.01. The highest BCUT2D eigenvalue weighted by Gasteiger charge is 2.22. The number of aryl methyl sites for hydroxylation is 2. The van der Waals surface area contributed by atoms with E-state index in [9.17, 15) is 14.0 Å². The molecule has 32 heavy (non-hydrogen) atoms. The van der Waals surface area contributed by atoms with Gasteiger partial charge in [0.25, 0.3) is 5.91 Å². The number of halogens is 2. The lowest BCUT2D eigenvalue weighted by Gasteiger charge is -2.19. The first-order valence-corrected chi connectivity index (χ1v) is 10.3. The lowest BCUT2D eigenvalue weighted by molar-refractivity contribution is 0.102. The molecule has 7 heteroatoms. The maximum Gasteiger partial charge on any atom is 0.256 e. The van der Waals surface area contributed by atoms with Crippen molar-refractivity contribution in [2.45, 2.75) is 13.8 Å². The van der Waals surface area contributed by atoms with Gasteiger partial charge < -0.3 is 5.32 Å². The van der Waals surface area contributed by atoms with E-state index in [2.05, 4.69) is 10.4 Å². The van der Waals surface area contributed by atoms with Crippen molar-refractivity contribution < 1.29 is 9.18 Å². The molecule has 0 aliphatic heterocycles. The number of benzene rings is 3. The molecule has 5 nitrogen and oxygen atoms in total. The Kier molecular flexibility index (Phi) is 5.88. The summed E-state index contributed by atoms with van der Waals surface area (Å²) in [6.07, 6.45) is 0. The Morgan fingerprint density at radius 3 is 2.28 bits per heavy atom. The second-order valence-electron chi connectivity index (χ2n) is 7.33. The van der Waals surface area contributed by atoms with Crippen LogP contribution in [0.5, 0.6) is 0 Å². The Bertz CT molecular complexity index is 1360. The van der Waals surface area contributed by atoms with Gasteiger partial charge in [0.1, 0.15) is 17.3 Å². The van der Waals surface area contributed by atoms with Crippen LogP contribution in [0.3, 0.4) is 0 Å². The second-order valence-corrected chi connectivity index (χ2v) is 7.73. The smallest absolute Gasteiger partial charge is 0.256 e. The van der Waals surface area contributed by atoms with Crippen LogP contribution in [0.2, 0.25) is 5.02 Å². The topological polar surface area (TPSA) is 64.0 Å². The van der Waals surface area contributed by atoms with E-state index in [0.717, 1.165) is 5.56 Å². The summed E-state index contributed by atoms with van der Waals surface area (Å²) in [5, 5.41) is 7.60. The summed E-state index contributed by atoms with van der Waals surface area (Å²) in [4.78, 5) is 26.2. The Labute approximate surface area is 189 Å². The fraction of sp³-hybridized carbons (Fsp3) is 0.0800. The van der Waals surface area contributed by atoms with Crippen molar-refractivity contribution in [3.05, 3.63) is 111 Å². The van der Waals surface area contributed by atoms with Crippen molar-refractivity contribution >= 4 is 23.3 Å². The first kappa shape index (κ1) is 21.5. The normalized spacial score (nSPS) is 10.8. The van der Waals surface area contributed by atoms with Gasteiger partial charge in [-0.2, -0.15) is 5.10 Å². The second kappa shape index (κ2) is 8.77. The summed E-state index contributed by atoms with van der Waals surface area (Å²) < 4.78 is 14.8. The van der Waals surface area contributed by atoms with Gasteiger partial charge in [0, 0.05) is 16.1 Å². The van der Waals surface area contributed by atoms with Gasteiger partial charge in [0.15, 0.2) is 0 Å². The molecule has 0 unspecified atom stereocenters. The minimum Gasteiger partial charge on any atom is -0.306 e. The summed E-state index contributed by atoms with van der Waals surface area (Å²) in [5.41, 5.74) is 2.53. The van der Waals surface area contributed by atoms with Crippen LogP contribution in [-0.4, -0.2) is 15.7 Å². The average Bonchev–Trinajstić information content (AvgIpc) is 2.78. The number of anilines is 1. The standard InChI is InChI=1S/C25H19ClFN3O2/c1-15-7-13-19(14-8-15)30-24(28-25(32)17-9-11-18(27)12-10-17)22(23(31)16(2)29-30)20-5-3-4-6-21(20)26/h3-14H,1-2H3,(H,28,32). The average molecular weight is 448 g/mol. The van der Waals surface area contributed by atoms with E-state index in [1.165, 1.54) is 28.9 Å². The molecule has 0 atom stereocenters. The van der Waals surface area contributed by atoms with Gasteiger partial charge in [-0.1, -0.05) is 47.5 Å². The minimum absolute atomic E-state index is 0.173. The predicted octanol–water partition coefficient (Wildman–Crippen LogP) is 5.56. The maximum absolute atomic E-state index is 13.3. The lowest BCUT2D eigenvalue weighted by atomic mass is 10.0. The molecule has 160 valence electrons. The third kappa shape index (κ3) is 4.18. The number of nitrogens with zero attached hydrogens (tertiary/aromatic N) is 2. The monoisotopic (exact) mass is 447 g/mol. The fourth-order valence-electron chi connectivity index (χ4n) is 3.32. The van der Waals surface area contributed by atoms with Gasteiger partial charge in [-0.15, -0.1) is 0 Å². The van der Waals surface area contributed by atoms with E-state index in [4.69, 9.17) is 11.6 Å². The first-order chi connectivity index (χ1) is 15.3. The zero-order valence-corrected chi connectivity index (χ0v) is 18.2. The van der Waals surface area contributed by atoms with Crippen LogP contribution in [0.4, 0.5) is 10.2 Å². The van der Waals surface area contributed by atoms with Gasteiger partial charge in [-0.3, -0.25) is 9.59 Å². The minimum atomic E-state index is -0.510. The molecule has 0 spiro atoms. The van der Waals surface area contributed by atoms with E-state index in [-0.39, 0.29) is 28.1 Å². The van der Waals surface area contributed by atoms with Gasteiger partial charge in [0.2, 0.25) is 5.43 Å². The Balaban J connectivity index is 1.97. The Morgan fingerprint density at radius 1 is 0.969 bits per heavy atom. The highest BCUT2D eigenvalue weighted by molar-refractivity contribution is 6.33. The lowest BCUT2D eigenvalue weighted by Crippen LogP contribution is -2.25.